The van der Waals surface area contributed by atoms with Crippen LogP contribution in [-0.2, 0) is 11.2 Å². The third kappa shape index (κ3) is 3.51. The summed E-state index contributed by atoms with van der Waals surface area (Å²) in [6.45, 7) is 6.93. The van der Waals surface area contributed by atoms with Crippen LogP contribution in [-0.4, -0.2) is 43.6 Å². The smallest absolute Gasteiger partial charge is 0.227 e. The van der Waals surface area contributed by atoms with Crippen LogP contribution < -0.4 is 10.1 Å². The van der Waals surface area contributed by atoms with Gasteiger partial charge in [0.15, 0.2) is 0 Å². The summed E-state index contributed by atoms with van der Waals surface area (Å²) in [6.07, 6.45) is 0.465. The van der Waals surface area contributed by atoms with Crippen LogP contribution in [0.5, 0.6) is 5.75 Å². The fraction of sp³-hybridized carbons (Fsp3) is 0.562. The molecule has 1 saturated heterocycles. The first-order valence-electron chi connectivity index (χ1n) is 7.25. The number of hydrogen-bond acceptors (Lipinski definition) is 3. The molecule has 1 aromatic rings. The molecule has 1 aromatic carbocycles. The van der Waals surface area contributed by atoms with Gasteiger partial charge < -0.3 is 15.0 Å². The highest BCUT2D eigenvalue weighted by Gasteiger charge is 2.28. The van der Waals surface area contributed by atoms with Crippen molar-refractivity contribution in [1.82, 2.24) is 10.2 Å². The van der Waals surface area contributed by atoms with Crippen LogP contribution in [0, 0.1) is 5.92 Å². The van der Waals surface area contributed by atoms with E-state index in [9.17, 15) is 4.79 Å². The van der Waals surface area contributed by atoms with E-state index in [0.29, 0.717) is 18.4 Å². The van der Waals surface area contributed by atoms with Crippen molar-refractivity contribution in [2.75, 3.05) is 26.7 Å². The molecule has 1 unspecified atom stereocenters. The van der Waals surface area contributed by atoms with Crippen LogP contribution in [0.25, 0.3) is 0 Å². The summed E-state index contributed by atoms with van der Waals surface area (Å²) < 4.78 is 5.14. The number of carbonyl (C=O) groups excluding carboxylic acids is 1. The SMILES string of the molecule is COc1ccc(CC(=O)N2CCNCC2C(C)C)cc1. The lowest BCUT2D eigenvalue weighted by Crippen LogP contribution is -2.56. The van der Waals surface area contributed by atoms with Gasteiger partial charge in [-0.25, -0.2) is 0 Å². The Hall–Kier alpha value is -1.55. The average Bonchev–Trinajstić information content (AvgIpc) is 2.48. The average molecular weight is 276 g/mol. The number of rotatable bonds is 4. The molecule has 20 heavy (non-hydrogen) atoms. The lowest BCUT2D eigenvalue weighted by atomic mass is 9.99. The molecule has 0 aromatic heterocycles. The Kier molecular flexibility index (Phi) is 5.01. The molecule has 4 heteroatoms. The van der Waals surface area contributed by atoms with Gasteiger partial charge in [-0.3, -0.25) is 4.79 Å². The Morgan fingerprint density at radius 3 is 2.70 bits per heavy atom. The summed E-state index contributed by atoms with van der Waals surface area (Å²) in [6, 6.07) is 8.03. The van der Waals surface area contributed by atoms with Gasteiger partial charge in [0, 0.05) is 25.7 Å². The Morgan fingerprint density at radius 2 is 2.10 bits per heavy atom. The van der Waals surface area contributed by atoms with E-state index in [2.05, 4.69) is 19.2 Å². The van der Waals surface area contributed by atoms with Gasteiger partial charge in [-0.15, -0.1) is 0 Å². The molecule has 0 saturated carbocycles. The highest BCUT2D eigenvalue weighted by Crippen LogP contribution is 2.16. The normalized spacial score (nSPS) is 19.2. The lowest BCUT2D eigenvalue weighted by molar-refractivity contribution is -0.134. The molecule has 1 atom stereocenters. The van der Waals surface area contributed by atoms with Crippen LogP contribution in [0.1, 0.15) is 19.4 Å². The fourth-order valence-corrected chi connectivity index (χ4v) is 2.65. The molecule has 0 radical (unpaired) electrons. The number of hydrogen-bond donors (Lipinski definition) is 1. The van der Waals surface area contributed by atoms with Gasteiger partial charge >= 0.3 is 0 Å². The first-order chi connectivity index (χ1) is 9.61. The zero-order valence-corrected chi connectivity index (χ0v) is 12.6. The van der Waals surface area contributed by atoms with Crippen molar-refractivity contribution in [3.63, 3.8) is 0 Å². The van der Waals surface area contributed by atoms with Gasteiger partial charge in [-0.2, -0.15) is 0 Å². The summed E-state index contributed by atoms with van der Waals surface area (Å²) in [5.41, 5.74) is 1.04. The maximum absolute atomic E-state index is 12.5. The second kappa shape index (κ2) is 6.75. The van der Waals surface area contributed by atoms with Crippen molar-refractivity contribution >= 4 is 5.91 Å². The Balaban J connectivity index is 2.01. The number of nitrogens with zero attached hydrogens (tertiary/aromatic N) is 1. The minimum atomic E-state index is 0.218. The number of methoxy groups -OCH3 is 1. The topological polar surface area (TPSA) is 41.6 Å². The molecule has 1 fully saturated rings. The number of carbonyl (C=O) groups is 1. The van der Waals surface area contributed by atoms with Crippen LogP contribution in [0.2, 0.25) is 0 Å². The number of ether oxygens (including phenoxy) is 1. The van der Waals surface area contributed by atoms with E-state index in [4.69, 9.17) is 4.74 Å². The molecule has 0 aliphatic carbocycles. The van der Waals surface area contributed by atoms with E-state index >= 15 is 0 Å². The molecule has 1 amide bonds. The van der Waals surface area contributed by atoms with Crippen LogP contribution in [0.3, 0.4) is 0 Å². The number of nitrogens with one attached hydrogen (secondary N) is 1. The second-order valence-electron chi connectivity index (χ2n) is 5.63. The van der Waals surface area contributed by atoms with Crippen LogP contribution >= 0.6 is 0 Å². The summed E-state index contributed by atoms with van der Waals surface area (Å²) in [5.74, 6) is 1.52. The molecule has 4 nitrogen and oxygen atoms in total. The number of benzene rings is 1. The Labute approximate surface area is 121 Å². The maximum atomic E-state index is 12.5. The lowest BCUT2D eigenvalue weighted by Gasteiger charge is -2.38. The van der Waals surface area contributed by atoms with Gasteiger partial charge in [-0.05, 0) is 23.6 Å². The molecule has 0 bridgehead atoms. The molecule has 1 aliphatic rings. The highest BCUT2D eigenvalue weighted by molar-refractivity contribution is 5.79. The van der Waals surface area contributed by atoms with Gasteiger partial charge in [0.1, 0.15) is 5.75 Å². The number of amides is 1. The summed E-state index contributed by atoms with van der Waals surface area (Å²) >= 11 is 0. The zero-order chi connectivity index (χ0) is 14.5. The third-order valence-corrected chi connectivity index (χ3v) is 3.89. The largest absolute Gasteiger partial charge is 0.497 e. The van der Waals surface area contributed by atoms with Crippen molar-refractivity contribution in [1.29, 1.82) is 0 Å². The highest BCUT2D eigenvalue weighted by atomic mass is 16.5. The van der Waals surface area contributed by atoms with Crippen molar-refractivity contribution in [3.8, 4) is 5.75 Å². The Bertz CT molecular complexity index is 442. The quantitative estimate of drug-likeness (QED) is 0.910. The van der Waals surface area contributed by atoms with Gasteiger partial charge in [0.05, 0.1) is 13.5 Å². The molecule has 1 heterocycles. The third-order valence-electron chi connectivity index (χ3n) is 3.89. The Morgan fingerprint density at radius 1 is 1.40 bits per heavy atom. The summed E-state index contributed by atoms with van der Waals surface area (Å²) in [7, 11) is 1.65. The summed E-state index contributed by atoms with van der Waals surface area (Å²) in [4.78, 5) is 14.5. The zero-order valence-electron chi connectivity index (χ0n) is 12.6. The summed E-state index contributed by atoms with van der Waals surface area (Å²) in [5, 5.41) is 3.37. The molecule has 1 N–H and O–H groups in total. The van der Waals surface area contributed by atoms with E-state index in [1.807, 2.05) is 29.2 Å². The van der Waals surface area contributed by atoms with Crippen molar-refractivity contribution in [3.05, 3.63) is 29.8 Å². The van der Waals surface area contributed by atoms with Gasteiger partial charge in [0.2, 0.25) is 5.91 Å². The minimum absolute atomic E-state index is 0.218. The fourth-order valence-electron chi connectivity index (χ4n) is 2.65. The van der Waals surface area contributed by atoms with Crippen LogP contribution in [0.15, 0.2) is 24.3 Å². The van der Waals surface area contributed by atoms with Gasteiger partial charge in [-0.1, -0.05) is 26.0 Å². The molecule has 1 aliphatic heterocycles. The molecular weight excluding hydrogens is 252 g/mol. The van der Waals surface area contributed by atoms with E-state index in [0.717, 1.165) is 30.9 Å². The standard InChI is InChI=1S/C16H24N2O2/c1-12(2)15-11-17-8-9-18(15)16(19)10-13-4-6-14(20-3)7-5-13/h4-7,12,15,17H,8-11H2,1-3H3. The first-order valence-corrected chi connectivity index (χ1v) is 7.25. The first kappa shape index (κ1) is 14.9. The van der Waals surface area contributed by atoms with E-state index in [1.165, 1.54) is 0 Å². The number of piperazine rings is 1. The predicted molar refractivity (Wildman–Crippen MR) is 79.9 cm³/mol. The second-order valence-corrected chi connectivity index (χ2v) is 5.63. The van der Waals surface area contributed by atoms with Gasteiger partial charge in [0.25, 0.3) is 0 Å². The van der Waals surface area contributed by atoms with Crippen molar-refractivity contribution in [2.45, 2.75) is 26.3 Å². The minimum Gasteiger partial charge on any atom is -0.497 e. The predicted octanol–water partition coefficient (Wildman–Crippen LogP) is 1.69. The van der Waals surface area contributed by atoms with Crippen molar-refractivity contribution < 1.29 is 9.53 Å². The molecule has 0 spiro atoms. The van der Waals surface area contributed by atoms with E-state index in [-0.39, 0.29) is 5.91 Å². The molecule has 110 valence electrons. The maximum Gasteiger partial charge on any atom is 0.227 e. The van der Waals surface area contributed by atoms with E-state index < -0.39 is 0 Å². The monoisotopic (exact) mass is 276 g/mol. The van der Waals surface area contributed by atoms with E-state index in [1.54, 1.807) is 7.11 Å². The van der Waals surface area contributed by atoms with Crippen molar-refractivity contribution in [2.24, 2.45) is 5.92 Å². The van der Waals surface area contributed by atoms with Crippen LogP contribution in [0.4, 0.5) is 0 Å². The molecular formula is C16H24N2O2. The molecule has 2 rings (SSSR count).